The van der Waals surface area contributed by atoms with Gasteiger partial charge in [-0.2, -0.15) is 0 Å². The van der Waals surface area contributed by atoms with Crippen LogP contribution in [0.5, 0.6) is 0 Å². The van der Waals surface area contributed by atoms with Crippen LogP contribution in [-0.2, 0) is 4.79 Å². The molecule has 3 heteroatoms. The Balaban J connectivity index is 1.97. The van der Waals surface area contributed by atoms with Gasteiger partial charge in [-0.3, -0.25) is 4.79 Å². The highest BCUT2D eigenvalue weighted by Crippen LogP contribution is 2.29. The van der Waals surface area contributed by atoms with E-state index in [2.05, 4.69) is 5.32 Å². The van der Waals surface area contributed by atoms with Crippen molar-refractivity contribution >= 4 is 17.5 Å². The molecule has 0 radical (unpaired) electrons. The molecule has 2 rings (SSSR count). The van der Waals surface area contributed by atoms with Gasteiger partial charge >= 0.3 is 0 Å². The van der Waals surface area contributed by atoms with E-state index >= 15 is 0 Å². The topological polar surface area (TPSA) is 29.1 Å². The summed E-state index contributed by atoms with van der Waals surface area (Å²) < 4.78 is 0. The minimum Gasteiger partial charge on any atom is -0.349 e. The normalized spacial score (nSPS) is 17.2. The van der Waals surface area contributed by atoms with Crippen molar-refractivity contribution in [1.82, 2.24) is 5.32 Å². The summed E-state index contributed by atoms with van der Waals surface area (Å²) in [5.41, 5.74) is 1.09. The number of nitrogens with one attached hydrogen (secondary N) is 1. The maximum atomic E-state index is 11.5. The minimum absolute atomic E-state index is 0.0652. The molecule has 0 saturated heterocycles. The summed E-state index contributed by atoms with van der Waals surface area (Å²) in [5, 5.41) is 3.72. The van der Waals surface area contributed by atoms with Crippen molar-refractivity contribution in [3.05, 3.63) is 34.9 Å². The highest BCUT2D eigenvalue weighted by molar-refractivity contribution is 6.30. The molecule has 1 N–H and O–H groups in total. The first-order valence-corrected chi connectivity index (χ1v) is 5.60. The van der Waals surface area contributed by atoms with Crippen molar-refractivity contribution in [2.45, 2.75) is 25.8 Å². The molecule has 1 aliphatic rings. The van der Waals surface area contributed by atoms with Gasteiger partial charge in [-0.15, -0.1) is 0 Å². The summed E-state index contributed by atoms with van der Waals surface area (Å²) >= 11 is 5.80. The van der Waals surface area contributed by atoms with E-state index in [1.807, 2.05) is 31.2 Å². The molecule has 0 aliphatic heterocycles. The van der Waals surface area contributed by atoms with Crippen molar-refractivity contribution in [3.63, 3.8) is 0 Å². The van der Waals surface area contributed by atoms with Gasteiger partial charge < -0.3 is 5.32 Å². The van der Waals surface area contributed by atoms with Crippen molar-refractivity contribution < 1.29 is 4.79 Å². The second-order valence-electron chi connectivity index (χ2n) is 4.06. The van der Waals surface area contributed by atoms with Gasteiger partial charge in [0.05, 0.1) is 6.04 Å². The van der Waals surface area contributed by atoms with Crippen molar-refractivity contribution in [1.29, 1.82) is 0 Å². The summed E-state index contributed by atoms with van der Waals surface area (Å²) in [6.45, 7) is 1.99. The number of amides is 1. The van der Waals surface area contributed by atoms with Gasteiger partial charge in [0, 0.05) is 10.9 Å². The molecule has 2 nitrogen and oxygen atoms in total. The van der Waals surface area contributed by atoms with Gasteiger partial charge in [-0.1, -0.05) is 23.7 Å². The molecule has 0 heterocycles. The van der Waals surface area contributed by atoms with Crippen LogP contribution in [-0.4, -0.2) is 5.91 Å². The zero-order valence-corrected chi connectivity index (χ0v) is 9.42. The van der Waals surface area contributed by atoms with Gasteiger partial charge in [0.1, 0.15) is 0 Å². The van der Waals surface area contributed by atoms with Crippen LogP contribution in [0.2, 0.25) is 5.02 Å². The fourth-order valence-electron chi connectivity index (χ4n) is 1.51. The smallest absolute Gasteiger partial charge is 0.223 e. The largest absolute Gasteiger partial charge is 0.349 e. The lowest BCUT2D eigenvalue weighted by atomic mass is 10.1. The number of rotatable bonds is 3. The molecule has 1 aromatic carbocycles. The van der Waals surface area contributed by atoms with Crippen LogP contribution in [0.4, 0.5) is 0 Å². The van der Waals surface area contributed by atoms with Crippen molar-refractivity contribution in [2.24, 2.45) is 5.92 Å². The van der Waals surface area contributed by atoms with E-state index in [0.29, 0.717) is 0 Å². The van der Waals surface area contributed by atoms with Crippen LogP contribution < -0.4 is 5.32 Å². The zero-order chi connectivity index (χ0) is 10.8. The number of hydrogen-bond acceptors (Lipinski definition) is 1. The average molecular weight is 224 g/mol. The van der Waals surface area contributed by atoms with Crippen LogP contribution in [0.25, 0.3) is 0 Å². The van der Waals surface area contributed by atoms with Gasteiger partial charge in [-0.05, 0) is 37.5 Å². The van der Waals surface area contributed by atoms with E-state index in [1.54, 1.807) is 0 Å². The monoisotopic (exact) mass is 223 g/mol. The van der Waals surface area contributed by atoms with Crippen LogP contribution >= 0.6 is 11.6 Å². The first kappa shape index (κ1) is 10.5. The first-order valence-electron chi connectivity index (χ1n) is 5.22. The molecule has 1 saturated carbocycles. The Morgan fingerprint density at radius 2 is 2.00 bits per heavy atom. The highest BCUT2D eigenvalue weighted by atomic mass is 35.5. The third-order valence-electron chi connectivity index (χ3n) is 2.68. The Kier molecular flexibility index (Phi) is 2.96. The van der Waals surface area contributed by atoms with Crippen molar-refractivity contribution in [3.8, 4) is 0 Å². The Bertz CT molecular complexity index is 356. The van der Waals surface area contributed by atoms with E-state index in [1.165, 1.54) is 0 Å². The molecule has 1 amide bonds. The fourth-order valence-corrected chi connectivity index (χ4v) is 1.64. The molecule has 0 aromatic heterocycles. The second kappa shape index (κ2) is 4.23. The molecular weight excluding hydrogens is 210 g/mol. The van der Waals surface area contributed by atoms with Gasteiger partial charge in [-0.25, -0.2) is 0 Å². The van der Waals surface area contributed by atoms with E-state index in [9.17, 15) is 4.79 Å². The summed E-state index contributed by atoms with van der Waals surface area (Å²) in [6, 6.07) is 7.64. The van der Waals surface area contributed by atoms with Crippen LogP contribution in [0.1, 0.15) is 31.4 Å². The van der Waals surface area contributed by atoms with E-state index < -0.39 is 0 Å². The highest BCUT2D eigenvalue weighted by Gasteiger charge is 2.30. The predicted octanol–water partition coefficient (Wildman–Crippen LogP) is 2.93. The molecule has 0 spiro atoms. The standard InChI is InChI=1S/C12H14ClNO/c1-8(14-12(15)10-2-3-10)9-4-6-11(13)7-5-9/h4-8,10H,2-3H2,1H3,(H,14,15). The number of carbonyl (C=O) groups excluding carboxylic acids is 1. The number of carbonyl (C=O) groups is 1. The van der Waals surface area contributed by atoms with Crippen LogP contribution in [0, 0.1) is 5.92 Å². The average Bonchev–Trinajstić information content (AvgIpc) is 3.01. The van der Waals surface area contributed by atoms with E-state index in [-0.39, 0.29) is 17.9 Å². The van der Waals surface area contributed by atoms with Crippen molar-refractivity contribution in [2.75, 3.05) is 0 Å². The summed E-state index contributed by atoms with van der Waals surface area (Å²) in [6.07, 6.45) is 2.08. The summed E-state index contributed by atoms with van der Waals surface area (Å²) in [5.74, 6) is 0.442. The first-order chi connectivity index (χ1) is 7.16. The molecular formula is C12H14ClNO. The lowest BCUT2D eigenvalue weighted by Gasteiger charge is -2.13. The fraction of sp³-hybridized carbons (Fsp3) is 0.417. The molecule has 15 heavy (non-hydrogen) atoms. The Morgan fingerprint density at radius 1 is 1.40 bits per heavy atom. The van der Waals surface area contributed by atoms with E-state index in [0.717, 1.165) is 23.4 Å². The quantitative estimate of drug-likeness (QED) is 0.839. The molecule has 0 bridgehead atoms. The maximum absolute atomic E-state index is 11.5. The minimum atomic E-state index is 0.0652. The number of benzene rings is 1. The molecule has 80 valence electrons. The Morgan fingerprint density at radius 3 is 2.53 bits per heavy atom. The molecule has 1 atom stereocenters. The van der Waals surface area contributed by atoms with Crippen LogP contribution in [0.3, 0.4) is 0 Å². The number of hydrogen-bond donors (Lipinski definition) is 1. The Hall–Kier alpha value is -1.02. The van der Waals surface area contributed by atoms with E-state index in [4.69, 9.17) is 11.6 Å². The predicted molar refractivity (Wildman–Crippen MR) is 60.7 cm³/mol. The van der Waals surface area contributed by atoms with Crippen LogP contribution in [0.15, 0.2) is 24.3 Å². The Labute approximate surface area is 94.6 Å². The lowest BCUT2D eigenvalue weighted by Crippen LogP contribution is -2.27. The third-order valence-corrected chi connectivity index (χ3v) is 2.93. The van der Waals surface area contributed by atoms with Gasteiger partial charge in [0.25, 0.3) is 0 Å². The third kappa shape index (κ3) is 2.72. The van der Waals surface area contributed by atoms with Gasteiger partial charge in [0.2, 0.25) is 5.91 Å². The lowest BCUT2D eigenvalue weighted by molar-refractivity contribution is -0.122. The maximum Gasteiger partial charge on any atom is 0.223 e. The number of halogens is 1. The zero-order valence-electron chi connectivity index (χ0n) is 8.66. The molecule has 1 aliphatic carbocycles. The molecule has 1 aromatic rings. The summed E-state index contributed by atoms with van der Waals surface area (Å²) in [7, 11) is 0. The molecule has 1 fully saturated rings. The van der Waals surface area contributed by atoms with Gasteiger partial charge in [0.15, 0.2) is 0 Å². The molecule has 1 unspecified atom stereocenters. The SMILES string of the molecule is CC(NC(=O)C1CC1)c1ccc(Cl)cc1. The summed E-state index contributed by atoms with van der Waals surface area (Å²) in [4.78, 5) is 11.5. The second-order valence-corrected chi connectivity index (χ2v) is 4.49.